The van der Waals surface area contributed by atoms with Crippen molar-refractivity contribution < 1.29 is 4.79 Å². The van der Waals surface area contributed by atoms with E-state index in [1.807, 2.05) is 13.8 Å². The molecule has 1 aliphatic heterocycles. The number of pyridine rings is 1. The third kappa shape index (κ3) is 1.98. The standard InChI is InChI=1S/C15H18N4O2/c1-9-5-13(20)18(4)14-10(2)19(8-12(9)14)15(21)11-6-16-17(3)7-11/h5-7,10H,8H2,1-4H3. The van der Waals surface area contributed by atoms with Crippen LogP contribution in [0.3, 0.4) is 0 Å². The fraction of sp³-hybridized carbons (Fsp3) is 0.400. The smallest absolute Gasteiger partial charge is 0.257 e. The monoisotopic (exact) mass is 286 g/mol. The van der Waals surface area contributed by atoms with Gasteiger partial charge >= 0.3 is 0 Å². The van der Waals surface area contributed by atoms with E-state index in [4.69, 9.17) is 0 Å². The van der Waals surface area contributed by atoms with Gasteiger partial charge in [-0.15, -0.1) is 0 Å². The average molecular weight is 286 g/mol. The van der Waals surface area contributed by atoms with E-state index in [1.165, 1.54) is 0 Å². The summed E-state index contributed by atoms with van der Waals surface area (Å²) in [5, 5.41) is 4.05. The summed E-state index contributed by atoms with van der Waals surface area (Å²) in [6.45, 7) is 4.41. The van der Waals surface area contributed by atoms with E-state index in [0.717, 1.165) is 16.8 Å². The number of carbonyl (C=O) groups is 1. The van der Waals surface area contributed by atoms with Gasteiger partial charge in [0.1, 0.15) is 0 Å². The number of hydrogen-bond donors (Lipinski definition) is 0. The number of carbonyl (C=O) groups excluding carboxylic acids is 1. The molecule has 0 fully saturated rings. The zero-order valence-corrected chi connectivity index (χ0v) is 12.6. The molecule has 1 atom stereocenters. The Labute approximate surface area is 122 Å². The van der Waals surface area contributed by atoms with Crippen molar-refractivity contribution in [2.45, 2.75) is 26.4 Å². The summed E-state index contributed by atoms with van der Waals surface area (Å²) in [7, 11) is 3.54. The van der Waals surface area contributed by atoms with Gasteiger partial charge in [0.2, 0.25) is 0 Å². The summed E-state index contributed by atoms with van der Waals surface area (Å²) in [5.74, 6) is -0.0568. The lowest BCUT2D eigenvalue weighted by Crippen LogP contribution is -2.29. The molecule has 3 rings (SSSR count). The molecule has 0 saturated heterocycles. The number of hydrogen-bond acceptors (Lipinski definition) is 3. The van der Waals surface area contributed by atoms with E-state index in [9.17, 15) is 9.59 Å². The highest BCUT2D eigenvalue weighted by Crippen LogP contribution is 2.34. The Kier molecular flexibility index (Phi) is 2.97. The Bertz CT molecular complexity index is 787. The van der Waals surface area contributed by atoms with Crippen molar-refractivity contribution in [3.8, 4) is 0 Å². The SMILES string of the molecule is Cc1cc(=O)n(C)c2c1CN(C(=O)c1cnn(C)c1)C2C. The molecular formula is C15H18N4O2. The summed E-state index contributed by atoms with van der Waals surface area (Å²) >= 11 is 0. The van der Waals surface area contributed by atoms with Gasteiger partial charge in [0.15, 0.2) is 0 Å². The van der Waals surface area contributed by atoms with Gasteiger partial charge in [-0.2, -0.15) is 5.10 Å². The Hall–Kier alpha value is -2.37. The van der Waals surface area contributed by atoms with Gasteiger partial charge in [-0.1, -0.05) is 0 Å². The third-order valence-corrected chi connectivity index (χ3v) is 4.22. The van der Waals surface area contributed by atoms with E-state index in [1.54, 1.807) is 46.7 Å². The lowest BCUT2D eigenvalue weighted by Gasteiger charge is -2.21. The highest BCUT2D eigenvalue weighted by molar-refractivity contribution is 5.94. The number of amides is 1. The minimum Gasteiger partial charge on any atom is -0.326 e. The van der Waals surface area contributed by atoms with Gasteiger partial charge in [0.25, 0.3) is 11.5 Å². The van der Waals surface area contributed by atoms with E-state index in [0.29, 0.717) is 12.1 Å². The zero-order valence-electron chi connectivity index (χ0n) is 12.6. The number of aromatic nitrogens is 3. The molecule has 0 spiro atoms. The van der Waals surface area contributed by atoms with Gasteiger partial charge in [-0.05, 0) is 25.0 Å². The summed E-state index contributed by atoms with van der Waals surface area (Å²) in [4.78, 5) is 26.4. The van der Waals surface area contributed by atoms with Crippen LogP contribution in [-0.4, -0.2) is 25.2 Å². The molecule has 6 heteroatoms. The van der Waals surface area contributed by atoms with Crippen molar-refractivity contribution in [2.24, 2.45) is 14.1 Å². The highest BCUT2D eigenvalue weighted by Gasteiger charge is 2.34. The third-order valence-electron chi connectivity index (χ3n) is 4.22. The van der Waals surface area contributed by atoms with Gasteiger partial charge in [0, 0.05) is 38.6 Å². The van der Waals surface area contributed by atoms with Crippen LogP contribution >= 0.6 is 0 Å². The molecule has 0 aromatic carbocycles. The molecular weight excluding hydrogens is 268 g/mol. The molecule has 0 aliphatic carbocycles. The molecule has 0 N–H and O–H groups in total. The first kappa shape index (κ1) is 13.6. The van der Waals surface area contributed by atoms with Crippen LogP contribution in [0.2, 0.25) is 0 Å². The second-order valence-corrected chi connectivity index (χ2v) is 5.60. The van der Waals surface area contributed by atoms with Crippen LogP contribution in [0.5, 0.6) is 0 Å². The van der Waals surface area contributed by atoms with Gasteiger partial charge in [0.05, 0.1) is 17.8 Å². The molecule has 3 heterocycles. The molecule has 1 unspecified atom stereocenters. The molecule has 2 aromatic rings. The number of rotatable bonds is 1. The lowest BCUT2D eigenvalue weighted by atomic mass is 10.1. The van der Waals surface area contributed by atoms with Gasteiger partial charge in [-0.3, -0.25) is 14.3 Å². The fourth-order valence-electron chi connectivity index (χ4n) is 3.03. The Morgan fingerprint density at radius 1 is 1.38 bits per heavy atom. The number of fused-ring (bicyclic) bond motifs is 1. The van der Waals surface area contributed by atoms with Crippen molar-refractivity contribution >= 4 is 5.91 Å². The average Bonchev–Trinajstić information content (AvgIpc) is 3.00. The Morgan fingerprint density at radius 2 is 2.10 bits per heavy atom. The zero-order chi connectivity index (χ0) is 15.3. The van der Waals surface area contributed by atoms with E-state index >= 15 is 0 Å². The molecule has 0 saturated carbocycles. The van der Waals surface area contributed by atoms with E-state index < -0.39 is 0 Å². The lowest BCUT2D eigenvalue weighted by molar-refractivity contribution is 0.0701. The summed E-state index contributed by atoms with van der Waals surface area (Å²) in [6, 6.07) is 1.51. The van der Waals surface area contributed by atoms with Crippen molar-refractivity contribution in [1.29, 1.82) is 0 Å². The number of nitrogens with zero attached hydrogens (tertiary/aromatic N) is 4. The predicted molar refractivity (Wildman–Crippen MR) is 77.9 cm³/mol. The van der Waals surface area contributed by atoms with Crippen LogP contribution in [0.25, 0.3) is 0 Å². The minimum atomic E-state index is -0.120. The van der Waals surface area contributed by atoms with Crippen LogP contribution < -0.4 is 5.56 Å². The maximum Gasteiger partial charge on any atom is 0.257 e. The molecule has 21 heavy (non-hydrogen) atoms. The summed E-state index contributed by atoms with van der Waals surface area (Å²) in [6.07, 6.45) is 3.29. The topological polar surface area (TPSA) is 60.1 Å². The maximum atomic E-state index is 12.6. The quantitative estimate of drug-likeness (QED) is 0.790. The van der Waals surface area contributed by atoms with Gasteiger partial charge < -0.3 is 9.47 Å². The molecule has 2 aromatic heterocycles. The van der Waals surface area contributed by atoms with Crippen molar-refractivity contribution in [1.82, 2.24) is 19.2 Å². The Balaban J connectivity index is 2.03. The van der Waals surface area contributed by atoms with Crippen molar-refractivity contribution in [3.63, 3.8) is 0 Å². The normalized spacial score (nSPS) is 17.1. The highest BCUT2D eigenvalue weighted by atomic mass is 16.2. The molecule has 0 bridgehead atoms. The van der Waals surface area contributed by atoms with Crippen LogP contribution in [0, 0.1) is 6.92 Å². The first-order valence-corrected chi connectivity index (χ1v) is 6.89. The van der Waals surface area contributed by atoms with Crippen molar-refractivity contribution in [3.05, 3.63) is 51.2 Å². The second kappa shape index (κ2) is 4.58. The van der Waals surface area contributed by atoms with E-state index in [-0.39, 0.29) is 17.5 Å². The predicted octanol–water partition coefficient (Wildman–Crippen LogP) is 1.14. The van der Waals surface area contributed by atoms with Crippen molar-refractivity contribution in [2.75, 3.05) is 0 Å². The van der Waals surface area contributed by atoms with Crippen LogP contribution in [-0.2, 0) is 20.6 Å². The number of aryl methyl sites for hydroxylation is 2. The van der Waals surface area contributed by atoms with Crippen LogP contribution in [0.1, 0.15) is 40.1 Å². The molecule has 1 aliphatic rings. The van der Waals surface area contributed by atoms with Crippen LogP contribution in [0.15, 0.2) is 23.3 Å². The molecule has 0 radical (unpaired) electrons. The van der Waals surface area contributed by atoms with E-state index in [2.05, 4.69) is 5.10 Å². The van der Waals surface area contributed by atoms with Crippen LogP contribution in [0.4, 0.5) is 0 Å². The summed E-state index contributed by atoms with van der Waals surface area (Å²) in [5.41, 5.74) is 3.48. The maximum absolute atomic E-state index is 12.6. The molecule has 1 amide bonds. The van der Waals surface area contributed by atoms with Gasteiger partial charge in [-0.25, -0.2) is 0 Å². The first-order chi connectivity index (χ1) is 9.90. The summed E-state index contributed by atoms with van der Waals surface area (Å²) < 4.78 is 3.26. The fourth-order valence-corrected chi connectivity index (χ4v) is 3.03. The second-order valence-electron chi connectivity index (χ2n) is 5.60. The minimum absolute atomic E-state index is 0.0335. The first-order valence-electron chi connectivity index (χ1n) is 6.89. The largest absolute Gasteiger partial charge is 0.326 e. The molecule has 6 nitrogen and oxygen atoms in total. The molecule has 110 valence electrons. The Morgan fingerprint density at radius 3 is 2.71 bits per heavy atom.